The van der Waals surface area contributed by atoms with Gasteiger partial charge >= 0.3 is 231 Å². The van der Waals surface area contributed by atoms with E-state index >= 15 is 4.39 Å². The number of nitriles is 1. The van der Waals surface area contributed by atoms with Crippen LogP contribution in [-0.4, -0.2) is 81.8 Å². The number of benzene rings is 2. The Balaban J connectivity index is 1.39. The van der Waals surface area contributed by atoms with E-state index in [2.05, 4.69) is 40.3 Å². The second kappa shape index (κ2) is 10.1. The fourth-order valence-electron chi connectivity index (χ4n) is 6.58. The van der Waals surface area contributed by atoms with Crippen molar-refractivity contribution in [3.8, 4) is 23.2 Å². The summed E-state index contributed by atoms with van der Waals surface area (Å²) in [5, 5.41) is 15.0. The van der Waals surface area contributed by atoms with Gasteiger partial charge in [0.25, 0.3) is 0 Å². The Bertz CT molecular complexity index is 1720. The monoisotopic (exact) mass is 639 g/mol. The van der Waals surface area contributed by atoms with Gasteiger partial charge in [0, 0.05) is 0 Å². The maximum atomic E-state index is 16.8. The maximum absolute atomic E-state index is 16.8. The Morgan fingerprint density at radius 1 is 1.27 bits per heavy atom. The minimum absolute atomic E-state index is 0.0755. The molecular formula is C30H31ClFN7OSe. The van der Waals surface area contributed by atoms with Crippen LogP contribution in [0.4, 0.5) is 14.8 Å². The number of hydrogen-bond donors (Lipinski definition) is 2. The van der Waals surface area contributed by atoms with E-state index in [4.69, 9.17) is 27.1 Å². The van der Waals surface area contributed by atoms with Crippen molar-refractivity contribution in [3.63, 3.8) is 0 Å². The molecule has 3 aliphatic rings. The molecule has 3 fully saturated rings. The van der Waals surface area contributed by atoms with Gasteiger partial charge in [-0.15, -0.1) is 0 Å². The summed E-state index contributed by atoms with van der Waals surface area (Å²) in [4.78, 5) is 13.9. The number of piperazine rings is 1. The molecule has 0 spiro atoms. The summed E-state index contributed by atoms with van der Waals surface area (Å²) in [5.41, 5.74) is 7.63. The van der Waals surface area contributed by atoms with Gasteiger partial charge in [-0.25, -0.2) is 0 Å². The first kappa shape index (κ1) is 26.9. The Morgan fingerprint density at radius 2 is 2.02 bits per heavy atom. The normalized spacial score (nSPS) is 21.1. The number of fused-ring (bicyclic) bond motifs is 4. The number of nitrogens with one attached hydrogen (secondary N) is 1. The second-order valence-corrected chi connectivity index (χ2v) is 14.7. The van der Waals surface area contributed by atoms with Crippen LogP contribution in [0.2, 0.25) is 5.02 Å². The molecule has 4 heterocycles. The number of aromatic nitrogens is 2. The van der Waals surface area contributed by atoms with Crippen LogP contribution >= 0.6 is 11.6 Å². The molecule has 0 unspecified atom stereocenters. The summed E-state index contributed by atoms with van der Waals surface area (Å²) in [5.74, 6) is 0.105. The molecule has 11 heteroatoms. The molecule has 8 nitrogen and oxygen atoms in total. The molecule has 0 amide bonds. The summed E-state index contributed by atoms with van der Waals surface area (Å²) in [7, 11) is 4.12. The van der Waals surface area contributed by atoms with E-state index in [9.17, 15) is 5.26 Å². The van der Waals surface area contributed by atoms with Crippen LogP contribution in [-0.2, 0) is 0 Å². The molecule has 2 aliphatic heterocycles. The minimum atomic E-state index is -0.544. The van der Waals surface area contributed by atoms with E-state index < -0.39 is 5.82 Å². The third-order valence-electron chi connectivity index (χ3n) is 8.60. The van der Waals surface area contributed by atoms with E-state index in [1.54, 1.807) is 12.1 Å². The number of nitrogen functional groups attached to an aromatic ring is 1. The first-order valence-electron chi connectivity index (χ1n) is 13.9. The van der Waals surface area contributed by atoms with Crippen molar-refractivity contribution in [3.05, 3.63) is 40.7 Å². The zero-order valence-electron chi connectivity index (χ0n) is 23.0. The molecule has 2 bridgehead atoms. The molecular weight excluding hydrogens is 608 g/mol. The molecule has 212 valence electrons. The van der Waals surface area contributed by atoms with E-state index in [1.165, 1.54) is 0 Å². The van der Waals surface area contributed by atoms with Crippen molar-refractivity contribution in [2.75, 3.05) is 51.0 Å². The van der Waals surface area contributed by atoms with Crippen molar-refractivity contribution in [2.45, 2.75) is 37.8 Å². The molecule has 1 aliphatic carbocycles. The molecule has 7 rings (SSSR count). The first-order valence-corrected chi connectivity index (χ1v) is 16.0. The molecule has 1 saturated carbocycles. The van der Waals surface area contributed by atoms with Crippen LogP contribution in [0.3, 0.4) is 0 Å². The molecule has 0 radical (unpaired) electrons. The summed E-state index contributed by atoms with van der Waals surface area (Å²) < 4.78 is 24.5. The average Bonchev–Trinajstić information content (AvgIpc) is 3.49. The van der Waals surface area contributed by atoms with Gasteiger partial charge < -0.3 is 4.90 Å². The van der Waals surface area contributed by atoms with Gasteiger partial charge in [0.05, 0.1) is 0 Å². The second-order valence-electron chi connectivity index (χ2n) is 12.0. The number of ether oxygens (including phenoxy) is 1. The van der Waals surface area contributed by atoms with Gasteiger partial charge in [0.15, 0.2) is 0 Å². The molecule has 4 aromatic rings. The van der Waals surface area contributed by atoms with Crippen LogP contribution in [0.15, 0.2) is 24.3 Å². The van der Waals surface area contributed by atoms with Crippen LogP contribution < -0.4 is 20.7 Å². The fourth-order valence-corrected chi connectivity index (χ4v) is 8.86. The van der Waals surface area contributed by atoms with Crippen molar-refractivity contribution in [2.24, 2.45) is 5.41 Å². The zero-order chi connectivity index (χ0) is 28.5. The van der Waals surface area contributed by atoms with Gasteiger partial charge in [0.2, 0.25) is 0 Å². The Hall–Kier alpha value is -2.93. The van der Waals surface area contributed by atoms with Crippen LogP contribution in [0.1, 0.15) is 31.2 Å². The van der Waals surface area contributed by atoms with Crippen LogP contribution in [0.5, 0.6) is 6.01 Å². The molecule has 2 saturated heterocycles. The Kier molecular flexibility index (Phi) is 6.64. The van der Waals surface area contributed by atoms with Gasteiger partial charge in [-0.2, -0.15) is 0 Å². The number of hydrogen-bond acceptors (Lipinski definition) is 8. The first-order chi connectivity index (χ1) is 19.7. The number of anilines is 2. The van der Waals surface area contributed by atoms with Gasteiger partial charge in [0.1, 0.15) is 0 Å². The molecule has 2 aromatic carbocycles. The van der Waals surface area contributed by atoms with E-state index in [0.717, 1.165) is 49.6 Å². The topological polar surface area (TPSA) is 103 Å². The standard InChI is InChI=1S/C30H31ClFN7OSe/c1-38(2)14-30(8-9-30)15-40-29-36-26-19(28(37-29)39-12-16-6-7-17(13-39)35-16)10-21(31)24(25(26)32)18-4-3-5-22-23(18)20(11-33)27(34)41-22/h3-5,10,16-17,35H,6-9,12-15,34H2,1-2H3/t16-,17+. The van der Waals surface area contributed by atoms with Crippen LogP contribution in [0, 0.1) is 22.6 Å². The Labute approximate surface area is 249 Å². The van der Waals surface area contributed by atoms with Crippen molar-refractivity contribution >= 4 is 57.0 Å². The Morgan fingerprint density at radius 3 is 2.71 bits per heavy atom. The summed E-state index contributed by atoms with van der Waals surface area (Å²) in [6, 6.07) is 10.5. The van der Waals surface area contributed by atoms with Crippen molar-refractivity contribution in [1.82, 2.24) is 20.2 Å². The molecule has 2 atom stereocenters. The van der Waals surface area contributed by atoms with E-state index in [-0.39, 0.29) is 42.0 Å². The predicted octanol–water partition coefficient (Wildman–Crippen LogP) is 4.41. The summed E-state index contributed by atoms with van der Waals surface area (Å²) in [6.45, 7) is 2.95. The summed E-state index contributed by atoms with van der Waals surface area (Å²) in [6.07, 6.45) is 4.38. The zero-order valence-corrected chi connectivity index (χ0v) is 25.5. The van der Waals surface area contributed by atoms with Gasteiger partial charge in [-0.3, -0.25) is 0 Å². The third-order valence-corrected chi connectivity index (χ3v) is 11.0. The van der Waals surface area contributed by atoms with E-state index in [0.29, 0.717) is 51.0 Å². The van der Waals surface area contributed by atoms with E-state index in [1.807, 2.05) is 12.1 Å². The number of halogens is 2. The van der Waals surface area contributed by atoms with Crippen LogP contribution in [0.25, 0.3) is 31.7 Å². The SMILES string of the molecule is CN(C)CC1(COc2nc(N3C[C@H]4CC[C@@H](C3)N4)c3cc(Cl)c(-c4cccc5[se]c(N)c(C#N)c45)c(F)c3n2)CC1. The fraction of sp³-hybridized carbons (Fsp3) is 0.433. The summed E-state index contributed by atoms with van der Waals surface area (Å²) >= 11 is 6.69. The average molecular weight is 639 g/mol. The van der Waals surface area contributed by atoms with Gasteiger partial charge in [-0.1, -0.05) is 0 Å². The number of rotatable bonds is 7. The molecule has 41 heavy (non-hydrogen) atoms. The third kappa shape index (κ3) is 4.74. The molecule has 2 aromatic heterocycles. The van der Waals surface area contributed by atoms with Crippen molar-refractivity contribution in [1.29, 1.82) is 5.26 Å². The predicted molar refractivity (Wildman–Crippen MR) is 161 cm³/mol. The number of nitrogens with zero attached hydrogens (tertiary/aromatic N) is 5. The van der Waals surface area contributed by atoms with Gasteiger partial charge in [-0.05, 0) is 14.1 Å². The number of nitrogens with two attached hydrogens (primary N) is 1. The quantitative estimate of drug-likeness (QED) is 0.287. The molecule has 3 N–H and O–H groups in total. The van der Waals surface area contributed by atoms with Crippen molar-refractivity contribution < 1.29 is 9.13 Å².